The maximum atomic E-state index is 14.2. The average molecular weight is 351 g/mol. The Morgan fingerprint density at radius 1 is 1.12 bits per heavy atom. The molecule has 2 aromatic carbocycles. The van der Waals surface area contributed by atoms with E-state index in [9.17, 15) is 9.18 Å². The molecule has 2 atom stereocenters. The van der Waals surface area contributed by atoms with E-state index in [0.29, 0.717) is 18.4 Å². The van der Waals surface area contributed by atoms with Gasteiger partial charge in [0.2, 0.25) is 5.91 Å². The van der Waals surface area contributed by atoms with Gasteiger partial charge in [-0.15, -0.1) is 12.4 Å². The van der Waals surface area contributed by atoms with Gasteiger partial charge in [0, 0.05) is 5.56 Å². The Balaban J connectivity index is 0.00000288. The predicted octanol–water partition coefficient (Wildman–Crippen LogP) is 3.77. The second kappa shape index (κ2) is 10.1. The zero-order valence-electron chi connectivity index (χ0n) is 13.7. The summed E-state index contributed by atoms with van der Waals surface area (Å²) in [5.41, 5.74) is 7.39. The van der Waals surface area contributed by atoms with Crippen molar-refractivity contribution in [2.24, 2.45) is 5.73 Å². The van der Waals surface area contributed by atoms with Crippen molar-refractivity contribution in [1.29, 1.82) is 0 Å². The Bertz CT molecular complexity index is 636. The Hall–Kier alpha value is -1.91. The molecule has 1 amide bonds. The maximum Gasteiger partial charge on any atom is 0.237 e. The van der Waals surface area contributed by atoms with Crippen molar-refractivity contribution in [3.05, 3.63) is 71.5 Å². The van der Waals surface area contributed by atoms with Gasteiger partial charge in [0.05, 0.1) is 12.1 Å². The zero-order valence-corrected chi connectivity index (χ0v) is 14.6. The molecule has 24 heavy (non-hydrogen) atoms. The number of amides is 1. The number of rotatable bonds is 7. The average Bonchev–Trinajstić information content (AvgIpc) is 2.56. The lowest BCUT2D eigenvalue weighted by Gasteiger charge is -2.22. The molecule has 2 rings (SSSR count). The lowest BCUT2D eigenvalue weighted by atomic mass is 9.97. The highest BCUT2D eigenvalue weighted by Crippen LogP contribution is 2.21. The van der Waals surface area contributed by atoms with Crippen molar-refractivity contribution in [3.8, 4) is 0 Å². The van der Waals surface area contributed by atoms with E-state index in [4.69, 9.17) is 5.73 Å². The van der Waals surface area contributed by atoms with Gasteiger partial charge in [-0.1, -0.05) is 61.9 Å². The van der Waals surface area contributed by atoms with Gasteiger partial charge in [-0.2, -0.15) is 0 Å². The van der Waals surface area contributed by atoms with Crippen LogP contribution in [0.25, 0.3) is 0 Å². The Labute approximate surface area is 148 Å². The molecule has 0 aliphatic carbocycles. The van der Waals surface area contributed by atoms with Crippen LogP contribution in [0, 0.1) is 5.82 Å². The van der Waals surface area contributed by atoms with Crippen LogP contribution in [0.5, 0.6) is 0 Å². The molecule has 0 bridgehead atoms. The third-order valence-electron chi connectivity index (χ3n) is 3.82. The van der Waals surface area contributed by atoms with E-state index >= 15 is 0 Å². The summed E-state index contributed by atoms with van der Waals surface area (Å²) in [5.74, 6) is -0.561. The molecule has 2 unspecified atom stereocenters. The van der Waals surface area contributed by atoms with Crippen LogP contribution in [0.1, 0.15) is 36.9 Å². The number of hydrogen-bond donors (Lipinski definition) is 2. The molecule has 0 heterocycles. The standard InChI is InChI=1S/C19H23FN2O.ClH/c1-2-8-17(21)19(23)22-18(13-14-9-4-3-5-10-14)15-11-6-7-12-16(15)20;/h3-7,9-12,17-18H,2,8,13,21H2,1H3,(H,22,23);1H. The van der Waals surface area contributed by atoms with Crippen LogP contribution < -0.4 is 11.1 Å². The first kappa shape index (κ1) is 20.1. The van der Waals surface area contributed by atoms with Gasteiger partial charge in [0.15, 0.2) is 0 Å². The normalized spacial score (nSPS) is 12.8. The first-order valence-corrected chi connectivity index (χ1v) is 7.96. The molecular formula is C19H24ClFN2O. The van der Waals surface area contributed by atoms with Crippen molar-refractivity contribution in [1.82, 2.24) is 5.32 Å². The highest BCUT2D eigenvalue weighted by atomic mass is 35.5. The van der Waals surface area contributed by atoms with E-state index in [2.05, 4.69) is 5.32 Å². The molecule has 0 fully saturated rings. The molecule has 0 aliphatic heterocycles. The quantitative estimate of drug-likeness (QED) is 0.798. The van der Waals surface area contributed by atoms with Crippen molar-refractivity contribution in [2.75, 3.05) is 0 Å². The molecule has 3 N–H and O–H groups in total. The molecule has 0 saturated heterocycles. The lowest BCUT2D eigenvalue weighted by molar-refractivity contribution is -0.123. The number of halogens is 2. The molecular weight excluding hydrogens is 327 g/mol. The minimum Gasteiger partial charge on any atom is -0.348 e. The maximum absolute atomic E-state index is 14.2. The largest absolute Gasteiger partial charge is 0.348 e. The van der Waals surface area contributed by atoms with Crippen molar-refractivity contribution in [2.45, 2.75) is 38.3 Å². The molecule has 0 radical (unpaired) electrons. The first-order valence-electron chi connectivity index (χ1n) is 7.96. The summed E-state index contributed by atoms with van der Waals surface area (Å²) < 4.78 is 14.2. The van der Waals surface area contributed by atoms with Gasteiger partial charge >= 0.3 is 0 Å². The van der Waals surface area contributed by atoms with Crippen molar-refractivity contribution < 1.29 is 9.18 Å². The van der Waals surface area contributed by atoms with E-state index in [1.807, 2.05) is 37.3 Å². The molecule has 130 valence electrons. The first-order chi connectivity index (χ1) is 11.1. The van der Waals surface area contributed by atoms with Crippen LogP contribution in [-0.2, 0) is 11.2 Å². The number of carbonyl (C=O) groups is 1. The second-order valence-electron chi connectivity index (χ2n) is 5.67. The number of hydrogen-bond acceptors (Lipinski definition) is 2. The van der Waals surface area contributed by atoms with Crippen LogP contribution >= 0.6 is 12.4 Å². The smallest absolute Gasteiger partial charge is 0.237 e. The fraction of sp³-hybridized carbons (Fsp3) is 0.316. The predicted molar refractivity (Wildman–Crippen MR) is 97.6 cm³/mol. The monoisotopic (exact) mass is 350 g/mol. The molecule has 3 nitrogen and oxygen atoms in total. The molecule has 5 heteroatoms. The topological polar surface area (TPSA) is 55.1 Å². The summed E-state index contributed by atoms with van der Waals surface area (Å²) in [6.45, 7) is 1.98. The van der Waals surface area contributed by atoms with Crippen molar-refractivity contribution >= 4 is 18.3 Å². The summed E-state index contributed by atoms with van der Waals surface area (Å²) in [4.78, 5) is 12.3. The number of benzene rings is 2. The minimum absolute atomic E-state index is 0. The van der Waals surface area contributed by atoms with Gasteiger partial charge in [-0.05, 0) is 24.5 Å². The highest BCUT2D eigenvalue weighted by Gasteiger charge is 2.21. The van der Waals surface area contributed by atoms with Gasteiger partial charge in [0.25, 0.3) is 0 Å². The number of nitrogens with one attached hydrogen (secondary N) is 1. The Morgan fingerprint density at radius 3 is 2.38 bits per heavy atom. The molecule has 2 aromatic rings. The third-order valence-corrected chi connectivity index (χ3v) is 3.82. The van der Waals surface area contributed by atoms with Crippen molar-refractivity contribution in [3.63, 3.8) is 0 Å². The second-order valence-corrected chi connectivity index (χ2v) is 5.67. The van der Waals surface area contributed by atoms with E-state index in [0.717, 1.165) is 12.0 Å². The van der Waals surface area contributed by atoms with Crippen LogP contribution in [-0.4, -0.2) is 11.9 Å². The molecule has 0 aliphatic rings. The lowest BCUT2D eigenvalue weighted by Crippen LogP contribution is -2.42. The van der Waals surface area contributed by atoms with Gasteiger partial charge in [-0.25, -0.2) is 4.39 Å². The van der Waals surface area contributed by atoms with Gasteiger partial charge < -0.3 is 11.1 Å². The van der Waals surface area contributed by atoms with Gasteiger partial charge in [-0.3, -0.25) is 4.79 Å². The van der Waals surface area contributed by atoms with E-state index in [1.165, 1.54) is 6.07 Å². The molecule has 0 saturated carbocycles. The van der Waals surface area contributed by atoms with Gasteiger partial charge in [0.1, 0.15) is 5.82 Å². The third kappa shape index (κ3) is 5.62. The van der Waals surface area contributed by atoms with Crippen LogP contribution in [0.3, 0.4) is 0 Å². The fourth-order valence-corrected chi connectivity index (χ4v) is 2.57. The van der Waals surface area contributed by atoms with E-state index < -0.39 is 12.1 Å². The summed E-state index contributed by atoms with van der Waals surface area (Å²) in [5, 5.41) is 2.90. The highest BCUT2D eigenvalue weighted by molar-refractivity contribution is 5.85. The van der Waals surface area contributed by atoms with Crippen LogP contribution in [0.2, 0.25) is 0 Å². The summed E-state index contributed by atoms with van der Waals surface area (Å²) >= 11 is 0. The van der Waals surface area contributed by atoms with Crippen LogP contribution in [0.15, 0.2) is 54.6 Å². The Morgan fingerprint density at radius 2 is 1.75 bits per heavy atom. The Kier molecular flexibility index (Phi) is 8.44. The number of nitrogens with two attached hydrogens (primary N) is 1. The minimum atomic E-state index is -0.565. The van der Waals surface area contributed by atoms with E-state index in [1.54, 1.807) is 18.2 Å². The summed E-state index contributed by atoms with van der Waals surface area (Å²) in [7, 11) is 0. The number of carbonyl (C=O) groups excluding carboxylic acids is 1. The molecule has 0 spiro atoms. The SMILES string of the molecule is CCCC(N)C(=O)NC(Cc1ccccc1)c1ccccc1F.Cl. The van der Waals surface area contributed by atoms with Crippen LogP contribution in [0.4, 0.5) is 4.39 Å². The fourth-order valence-electron chi connectivity index (χ4n) is 2.57. The summed E-state index contributed by atoms with van der Waals surface area (Å²) in [6, 6.07) is 15.2. The zero-order chi connectivity index (χ0) is 16.7. The van der Waals surface area contributed by atoms with E-state index in [-0.39, 0.29) is 24.1 Å². The molecule has 0 aromatic heterocycles. The summed E-state index contributed by atoms with van der Waals surface area (Å²) in [6.07, 6.45) is 1.96.